The number of nitrogens with one attached hydrogen (secondary N) is 1. The van der Waals surface area contributed by atoms with Crippen LogP contribution in [0.1, 0.15) is 12.8 Å². The molecule has 1 fully saturated rings. The predicted molar refractivity (Wildman–Crippen MR) is 62.7 cm³/mol. The maximum atomic E-state index is 13.4. The van der Waals surface area contributed by atoms with Crippen LogP contribution in [-0.2, 0) is 4.79 Å². The molecule has 1 aromatic rings. The summed E-state index contributed by atoms with van der Waals surface area (Å²) in [6, 6.07) is -0.946. The molecule has 1 heterocycles. The maximum Gasteiger partial charge on any atom is 0.326 e. The molecule has 0 aliphatic carbocycles. The Bertz CT molecular complexity index is 565. The molecular weight excluding hydrogens is 277 g/mol. The lowest BCUT2D eigenvalue weighted by Crippen LogP contribution is -2.42. The minimum atomic E-state index is -1.43. The van der Waals surface area contributed by atoms with Crippen LogP contribution in [0.5, 0.6) is 0 Å². The van der Waals surface area contributed by atoms with Gasteiger partial charge in [-0.15, -0.1) is 0 Å². The molecular formula is C12H11F3N2O3. The highest BCUT2D eigenvalue weighted by Gasteiger charge is 2.34. The third-order valence-electron chi connectivity index (χ3n) is 3.03. The van der Waals surface area contributed by atoms with Crippen LogP contribution in [0.15, 0.2) is 12.1 Å². The number of carbonyl (C=O) groups excluding carboxylic acids is 1. The quantitative estimate of drug-likeness (QED) is 0.819. The van der Waals surface area contributed by atoms with Gasteiger partial charge in [0.2, 0.25) is 0 Å². The number of carboxylic acids is 1. The van der Waals surface area contributed by atoms with Crippen LogP contribution in [-0.4, -0.2) is 34.6 Å². The van der Waals surface area contributed by atoms with E-state index in [-0.39, 0.29) is 13.0 Å². The van der Waals surface area contributed by atoms with E-state index in [2.05, 4.69) is 0 Å². The van der Waals surface area contributed by atoms with E-state index >= 15 is 0 Å². The Hall–Kier alpha value is -2.25. The fraction of sp³-hybridized carbons (Fsp3) is 0.333. The Morgan fingerprint density at radius 3 is 2.65 bits per heavy atom. The maximum absolute atomic E-state index is 13.4. The molecule has 1 saturated heterocycles. The lowest BCUT2D eigenvalue weighted by Gasteiger charge is -2.22. The van der Waals surface area contributed by atoms with Crippen molar-refractivity contribution in [3.05, 3.63) is 29.6 Å². The van der Waals surface area contributed by atoms with Crippen molar-refractivity contribution < 1.29 is 27.9 Å². The zero-order valence-corrected chi connectivity index (χ0v) is 10.2. The van der Waals surface area contributed by atoms with E-state index in [9.17, 15) is 22.8 Å². The number of hydrogen-bond donors (Lipinski definition) is 2. The van der Waals surface area contributed by atoms with Crippen molar-refractivity contribution in [2.75, 3.05) is 11.9 Å². The van der Waals surface area contributed by atoms with Crippen LogP contribution >= 0.6 is 0 Å². The summed E-state index contributed by atoms with van der Waals surface area (Å²) in [6.45, 7) is 0.183. The van der Waals surface area contributed by atoms with Crippen LogP contribution in [0.3, 0.4) is 0 Å². The van der Waals surface area contributed by atoms with Gasteiger partial charge in [-0.1, -0.05) is 0 Å². The minimum Gasteiger partial charge on any atom is -0.480 e. The molecule has 1 atom stereocenters. The van der Waals surface area contributed by atoms with Crippen LogP contribution < -0.4 is 5.32 Å². The number of amides is 2. The van der Waals surface area contributed by atoms with Crippen LogP contribution in [0.2, 0.25) is 0 Å². The number of urea groups is 1. The molecule has 0 spiro atoms. The van der Waals surface area contributed by atoms with Gasteiger partial charge in [-0.25, -0.2) is 22.8 Å². The summed E-state index contributed by atoms with van der Waals surface area (Å²) in [5.41, 5.74) is -0.663. The molecule has 8 heteroatoms. The van der Waals surface area contributed by atoms with Crippen molar-refractivity contribution >= 4 is 17.7 Å². The second-order valence-electron chi connectivity index (χ2n) is 4.37. The highest BCUT2D eigenvalue weighted by Crippen LogP contribution is 2.22. The number of carboxylic acid groups (broad SMARTS) is 1. The zero-order chi connectivity index (χ0) is 14.9. The van der Waals surface area contributed by atoms with Gasteiger partial charge in [0.15, 0.2) is 11.6 Å². The summed E-state index contributed by atoms with van der Waals surface area (Å²) < 4.78 is 39.4. The summed E-state index contributed by atoms with van der Waals surface area (Å²) in [5, 5.41) is 10.9. The van der Waals surface area contributed by atoms with Gasteiger partial charge in [-0.3, -0.25) is 0 Å². The van der Waals surface area contributed by atoms with Crippen molar-refractivity contribution in [2.24, 2.45) is 0 Å². The molecule has 1 aliphatic heterocycles. The largest absolute Gasteiger partial charge is 0.480 e. The Balaban J connectivity index is 2.18. The molecule has 5 nitrogen and oxygen atoms in total. The normalized spacial score (nSPS) is 18.1. The Kier molecular flexibility index (Phi) is 3.82. The van der Waals surface area contributed by atoms with Gasteiger partial charge in [0.25, 0.3) is 0 Å². The second-order valence-corrected chi connectivity index (χ2v) is 4.37. The molecule has 0 saturated carbocycles. The van der Waals surface area contributed by atoms with Crippen LogP contribution in [0.4, 0.5) is 23.7 Å². The predicted octanol–water partition coefficient (Wildman–Crippen LogP) is 2.18. The molecule has 20 heavy (non-hydrogen) atoms. The van der Waals surface area contributed by atoms with E-state index in [1.807, 2.05) is 5.32 Å². The van der Waals surface area contributed by atoms with Gasteiger partial charge in [0.05, 0.1) is 5.69 Å². The first-order valence-corrected chi connectivity index (χ1v) is 5.85. The summed E-state index contributed by atoms with van der Waals surface area (Å²) >= 11 is 0. The molecule has 108 valence electrons. The molecule has 2 rings (SSSR count). The highest BCUT2D eigenvalue weighted by atomic mass is 19.2. The molecule has 0 aromatic heterocycles. The number of halogens is 3. The average Bonchev–Trinajstić information content (AvgIpc) is 2.84. The Labute approximate surface area is 112 Å². The van der Waals surface area contributed by atoms with Crippen LogP contribution in [0.25, 0.3) is 0 Å². The molecule has 0 bridgehead atoms. The monoisotopic (exact) mass is 288 g/mol. The number of anilines is 1. The lowest BCUT2D eigenvalue weighted by atomic mass is 10.2. The lowest BCUT2D eigenvalue weighted by molar-refractivity contribution is -0.141. The van der Waals surface area contributed by atoms with E-state index in [1.165, 1.54) is 0 Å². The number of aliphatic carboxylic acids is 1. The Morgan fingerprint density at radius 2 is 2.00 bits per heavy atom. The fourth-order valence-corrected chi connectivity index (χ4v) is 2.10. The van der Waals surface area contributed by atoms with Crippen molar-refractivity contribution in [2.45, 2.75) is 18.9 Å². The molecule has 2 amide bonds. The zero-order valence-electron chi connectivity index (χ0n) is 10.2. The number of carbonyl (C=O) groups is 2. The third-order valence-corrected chi connectivity index (χ3v) is 3.03. The van der Waals surface area contributed by atoms with E-state index in [0.29, 0.717) is 18.6 Å². The second kappa shape index (κ2) is 5.40. The number of rotatable bonds is 2. The fourth-order valence-electron chi connectivity index (χ4n) is 2.10. The number of nitrogens with zero attached hydrogens (tertiary/aromatic N) is 1. The first kappa shape index (κ1) is 14.2. The van der Waals surface area contributed by atoms with Gasteiger partial charge in [0, 0.05) is 18.7 Å². The molecule has 1 aliphatic rings. The molecule has 0 radical (unpaired) electrons. The van der Waals surface area contributed by atoms with E-state index < -0.39 is 41.2 Å². The van der Waals surface area contributed by atoms with Crippen molar-refractivity contribution in [3.63, 3.8) is 0 Å². The highest BCUT2D eigenvalue weighted by molar-refractivity contribution is 5.92. The summed E-state index contributed by atoms with van der Waals surface area (Å²) in [7, 11) is 0. The van der Waals surface area contributed by atoms with Crippen molar-refractivity contribution in [1.29, 1.82) is 0 Å². The first-order valence-electron chi connectivity index (χ1n) is 5.85. The van der Waals surface area contributed by atoms with E-state index in [4.69, 9.17) is 5.11 Å². The minimum absolute atomic E-state index is 0.183. The smallest absolute Gasteiger partial charge is 0.326 e. The van der Waals surface area contributed by atoms with E-state index in [0.717, 1.165) is 4.90 Å². The van der Waals surface area contributed by atoms with Gasteiger partial charge in [0.1, 0.15) is 11.9 Å². The molecule has 0 unspecified atom stereocenters. The van der Waals surface area contributed by atoms with Crippen LogP contribution in [0, 0.1) is 17.5 Å². The van der Waals surface area contributed by atoms with Gasteiger partial charge >= 0.3 is 12.0 Å². The summed E-state index contributed by atoms with van der Waals surface area (Å²) in [6.07, 6.45) is 0.771. The first-order chi connectivity index (χ1) is 9.40. The average molecular weight is 288 g/mol. The van der Waals surface area contributed by atoms with E-state index in [1.54, 1.807) is 0 Å². The van der Waals surface area contributed by atoms with Crippen molar-refractivity contribution in [3.8, 4) is 0 Å². The third kappa shape index (κ3) is 2.68. The van der Waals surface area contributed by atoms with Gasteiger partial charge in [-0.2, -0.15) is 0 Å². The number of hydrogen-bond acceptors (Lipinski definition) is 2. The number of likely N-dealkylation sites (tertiary alicyclic amines) is 1. The number of benzene rings is 1. The molecule has 1 aromatic carbocycles. The standard InChI is InChI=1S/C12H11F3N2O3/c13-6-4-7(14)10(15)8(5-6)16-12(20)17-3-1-2-9(17)11(18)19/h4-5,9H,1-3H2,(H,16,20)(H,18,19)/t9-/m1/s1. The van der Waals surface area contributed by atoms with Gasteiger partial charge < -0.3 is 15.3 Å². The summed E-state index contributed by atoms with van der Waals surface area (Å²) in [4.78, 5) is 23.8. The molecule has 2 N–H and O–H groups in total. The Morgan fingerprint density at radius 1 is 1.30 bits per heavy atom. The SMILES string of the molecule is O=C(O)[C@H]1CCCN1C(=O)Nc1cc(F)cc(F)c1F. The summed E-state index contributed by atoms with van der Waals surface area (Å²) in [5.74, 6) is -5.05. The van der Waals surface area contributed by atoms with Crippen molar-refractivity contribution in [1.82, 2.24) is 4.90 Å². The topological polar surface area (TPSA) is 69.6 Å². The van der Waals surface area contributed by atoms with Gasteiger partial charge in [-0.05, 0) is 12.8 Å².